The molecule has 0 fully saturated rings. The fourth-order valence-corrected chi connectivity index (χ4v) is 1.79. The number of rotatable bonds is 5. The predicted molar refractivity (Wildman–Crippen MR) is 73.2 cm³/mol. The Morgan fingerprint density at radius 3 is 2.50 bits per heavy atom. The average Bonchev–Trinajstić information content (AvgIpc) is 2.47. The molecule has 0 aliphatic heterocycles. The van der Waals surface area contributed by atoms with Crippen molar-refractivity contribution >= 4 is 12.3 Å². The van der Waals surface area contributed by atoms with Gasteiger partial charge in [-0.15, -0.1) is 0 Å². The zero-order valence-corrected chi connectivity index (χ0v) is 10.9. The van der Waals surface area contributed by atoms with Crippen LogP contribution in [-0.4, -0.2) is 29.0 Å². The molecule has 0 atom stereocenters. The Hall–Kier alpha value is -2.69. The van der Waals surface area contributed by atoms with Crippen molar-refractivity contribution in [3.8, 4) is 17.0 Å². The minimum Gasteiger partial charge on any atom is -0.494 e. The molecule has 0 saturated carbocycles. The molecule has 1 aromatic heterocycles. The first-order valence-corrected chi connectivity index (χ1v) is 6.08. The molecular formula is C15H13NO4. The molecule has 102 valence electrons. The number of carbonyl (C=O) groups is 2. The smallest absolute Gasteiger partial charge is 0.355 e. The summed E-state index contributed by atoms with van der Waals surface area (Å²) in [4.78, 5) is 25.9. The van der Waals surface area contributed by atoms with Gasteiger partial charge in [-0.05, 0) is 43.3 Å². The molecule has 1 heterocycles. The Kier molecular flexibility index (Phi) is 4.10. The van der Waals surface area contributed by atoms with E-state index in [1.165, 1.54) is 6.07 Å². The normalized spacial score (nSPS) is 10.1. The van der Waals surface area contributed by atoms with Crippen molar-refractivity contribution in [1.82, 2.24) is 4.98 Å². The molecule has 0 unspecified atom stereocenters. The van der Waals surface area contributed by atoms with Crippen LogP contribution in [0.4, 0.5) is 0 Å². The van der Waals surface area contributed by atoms with Crippen molar-refractivity contribution < 1.29 is 19.4 Å². The molecular weight excluding hydrogens is 258 g/mol. The Morgan fingerprint density at radius 1 is 1.25 bits per heavy atom. The van der Waals surface area contributed by atoms with Crippen molar-refractivity contribution in [1.29, 1.82) is 0 Å². The maximum atomic E-state index is 11.1. The first kappa shape index (κ1) is 13.7. The van der Waals surface area contributed by atoms with Gasteiger partial charge in [0.15, 0.2) is 12.0 Å². The Balaban J connectivity index is 2.39. The number of aromatic carboxylic acids is 1. The molecule has 5 heteroatoms. The van der Waals surface area contributed by atoms with Crippen LogP contribution in [0.1, 0.15) is 27.8 Å². The topological polar surface area (TPSA) is 76.5 Å². The van der Waals surface area contributed by atoms with Crippen molar-refractivity contribution in [3.05, 3.63) is 47.7 Å². The van der Waals surface area contributed by atoms with E-state index in [-0.39, 0.29) is 11.3 Å². The molecule has 2 rings (SSSR count). The van der Waals surface area contributed by atoms with Crippen LogP contribution in [0.25, 0.3) is 11.3 Å². The lowest BCUT2D eigenvalue weighted by atomic mass is 10.1. The summed E-state index contributed by atoms with van der Waals surface area (Å²) >= 11 is 0. The van der Waals surface area contributed by atoms with Crippen LogP contribution in [0.5, 0.6) is 5.75 Å². The van der Waals surface area contributed by atoms with E-state index in [0.717, 1.165) is 11.3 Å². The third kappa shape index (κ3) is 2.83. The van der Waals surface area contributed by atoms with Gasteiger partial charge in [-0.25, -0.2) is 9.78 Å². The summed E-state index contributed by atoms with van der Waals surface area (Å²) in [6.07, 6.45) is 0.485. The molecule has 0 aliphatic rings. The summed E-state index contributed by atoms with van der Waals surface area (Å²) in [5.74, 6) is -0.487. The monoisotopic (exact) mass is 271 g/mol. The molecule has 1 aromatic carbocycles. The number of ether oxygens (including phenoxy) is 1. The molecule has 0 amide bonds. The minimum absolute atomic E-state index is 0.0622. The highest BCUT2D eigenvalue weighted by Crippen LogP contribution is 2.22. The lowest BCUT2D eigenvalue weighted by Crippen LogP contribution is -2.06. The van der Waals surface area contributed by atoms with Gasteiger partial charge < -0.3 is 9.84 Å². The number of carbonyl (C=O) groups excluding carboxylic acids is 1. The van der Waals surface area contributed by atoms with Crippen molar-refractivity contribution in [3.63, 3.8) is 0 Å². The highest BCUT2D eigenvalue weighted by Gasteiger charge is 2.13. The van der Waals surface area contributed by atoms with Crippen molar-refractivity contribution in [2.45, 2.75) is 6.92 Å². The highest BCUT2D eigenvalue weighted by atomic mass is 16.5. The molecule has 0 bridgehead atoms. The molecule has 0 radical (unpaired) electrons. The lowest BCUT2D eigenvalue weighted by Gasteiger charge is -2.06. The summed E-state index contributed by atoms with van der Waals surface area (Å²) in [5, 5.41) is 9.04. The largest absolute Gasteiger partial charge is 0.494 e. The molecule has 0 saturated heterocycles. The molecule has 20 heavy (non-hydrogen) atoms. The zero-order chi connectivity index (χ0) is 14.5. The average molecular weight is 271 g/mol. The van der Waals surface area contributed by atoms with Crippen molar-refractivity contribution in [2.75, 3.05) is 6.61 Å². The molecule has 2 aromatic rings. The van der Waals surface area contributed by atoms with Gasteiger partial charge in [0.2, 0.25) is 0 Å². The quantitative estimate of drug-likeness (QED) is 0.846. The second-order valence-electron chi connectivity index (χ2n) is 4.01. The third-order valence-corrected chi connectivity index (χ3v) is 2.72. The van der Waals surface area contributed by atoms with Crippen LogP contribution < -0.4 is 4.74 Å². The number of benzene rings is 1. The Labute approximate surface area is 115 Å². The van der Waals surface area contributed by atoms with Gasteiger partial charge in [0.1, 0.15) is 5.75 Å². The zero-order valence-electron chi connectivity index (χ0n) is 10.9. The number of nitrogens with zero attached hydrogens (tertiary/aromatic N) is 1. The standard InChI is InChI=1S/C15H13NO4/c1-2-20-12-6-3-10(4-7-12)13-8-5-11(9-17)14(16-13)15(18)19/h3-9H,2H2,1H3,(H,18,19). The maximum absolute atomic E-state index is 11.1. The first-order chi connectivity index (χ1) is 9.65. The Bertz CT molecular complexity index is 635. The first-order valence-electron chi connectivity index (χ1n) is 6.08. The summed E-state index contributed by atoms with van der Waals surface area (Å²) in [7, 11) is 0. The van der Waals surface area contributed by atoms with Gasteiger partial charge in [-0.2, -0.15) is 0 Å². The molecule has 0 aliphatic carbocycles. The summed E-state index contributed by atoms with van der Waals surface area (Å²) in [6.45, 7) is 2.47. The number of hydrogen-bond acceptors (Lipinski definition) is 4. The van der Waals surface area contributed by atoms with Crippen LogP contribution in [-0.2, 0) is 0 Å². The predicted octanol–water partition coefficient (Wildman–Crippen LogP) is 2.66. The number of carboxylic acid groups (broad SMARTS) is 1. The van der Waals surface area contributed by atoms with E-state index < -0.39 is 5.97 Å². The number of hydrogen-bond donors (Lipinski definition) is 1. The number of pyridine rings is 1. The number of carboxylic acids is 1. The van der Waals surface area contributed by atoms with Crippen LogP contribution >= 0.6 is 0 Å². The highest BCUT2D eigenvalue weighted by molar-refractivity contribution is 5.95. The number of aldehydes is 1. The van der Waals surface area contributed by atoms with E-state index in [9.17, 15) is 9.59 Å². The van der Waals surface area contributed by atoms with Gasteiger partial charge in [0.25, 0.3) is 0 Å². The maximum Gasteiger partial charge on any atom is 0.355 e. The van der Waals surface area contributed by atoms with Gasteiger partial charge in [-0.1, -0.05) is 0 Å². The van der Waals surface area contributed by atoms with Gasteiger partial charge in [0, 0.05) is 11.1 Å². The fourth-order valence-electron chi connectivity index (χ4n) is 1.79. The van der Waals surface area contributed by atoms with Crippen LogP contribution in [0.3, 0.4) is 0 Å². The molecule has 1 N–H and O–H groups in total. The minimum atomic E-state index is -1.22. The van der Waals surface area contributed by atoms with E-state index in [1.54, 1.807) is 30.3 Å². The van der Waals surface area contributed by atoms with Crippen LogP contribution in [0, 0.1) is 0 Å². The SMILES string of the molecule is CCOc1ccc(-c2ccc(C=O)c(C(=O)O)n2)cc1. The number of aromatic nitrogens is 1. The van der Waals surface area contributed by atoms with Crippen LogP contribution in [0.15, 0.2) is 36.4 Å². The second-order valence-corrected chi connectivity index (χ2v) is 4.01. The van der Waals surface area contributed by atoms with Gasteiger partial charge >= 0.3 is 5.97 Å². The molecule has 5 nitrogen and oxygen atoms in total. The molecule has 0 spiro atoms. The van der Waals surface area contributed by atoms with Crippen LogP contribution in [0.2, 0.25) is 0 Å². The van der Waals surface area contributed by atoms with E-state index in [4.69, 9.17) is 9.84 Å². The summed E-state index contributed by atoms with van der Waals surface area (Å²) in [6, 6.07) is 10.2. The second kappa shape index (κ2) is 5.97. The van der Waals surface area contributed by atoms with E-state index >= 15 is 0 Å². The van der Waals surface area contributed by atoms with E-state index in [1.807, 2.05) is 6.92 Å². The van der Waals surface area contributed by atoms with E-state index in [2.05, 4.69) is 4.98 Å². The fraction of sp³-hybridized carbons (Fsp3) is 0.133. The summed E-state index contributed by atoms with van der Waals surface area (Å²) < 4.78 is 5.33. The third-order valence-electron chi connectivity index (χ3n) is 2.72. The Morgan fingerprint density at radius 2 is 1.95 bits per heavy atom. The van der Waals surface area contributed by atoms with E-state index in [0.29, 0.717) is 18.6 Å². The van der Waals surface area contributed by atoms with Gasteiger partial charge in [-0.3, -0.25) is 4.79 Å². The van der Waals surface area contributed by atoms with Gasteiger partial charge in [0.05, 0.1) is 12.3 Å². The van der Waals surface area contributed by atoms with Crippen molar-refractivity contribution in [2.24, 2.45) is 0 Å². The lowest BCUT2D eigenvalue weighted by molar-refractivity contribution is 0.0687. The summed E-state index contributed by atoms with van der Waals surface area (Å²) in [5.41, 5.74) is 1.07.